The lowest BCUT2D eigenvalue weighted by molar-refractivity contribution is -0.137. The molecule has 0 amide bonds. The average molecular weight is 260 g/mol. The van der Waals surface area contributed by atoms with E-state index < -0.39 is 0 Å². The van der Waals surface area contributed by atoms with Crippen LogP contribution in [0.3, 0.4) is 0 Å². The van der Waals surface area contributed by atoms with Crippen molar-refractivity contribution in [3.8, 4) is 0 Å². The number of carbonyl (C=O) groups is 2. The fourth-order valence-electron chi connectivity index (χ4n) is 1.43. The molecule has 100 valence electrons. The molecule has 0 atom stereocenters. The molecule has 0 fully saturated rings. The maximum absolute atomic E-state index is 11.2. The van der Waals surface area contributed by atoms with Crippen LogP contribution in [0.2, 0.25) is 0 Å². The number of carbonyl (C=O) groups excluding carboxylic acids is 2. The van der Waals surface area contributed by atoms with E-state index in [0.717, 1.165) is 10.8 Å². The fourth-order valence-corrected chi connectivity index (χ4v) is 1.43. The van der Waals surface area contributed by atoms with E-state index >= 15 is 0 Å². The summed E-state index contributed by atoms with van der Waals surface area (Å²) in [7, 11) is 2.74. The van der Waals surface area contributed by atoms with Crippen LogP contribution in [0.25, 0.3) is 10.8 Å². The molecule has 0 radical (unpaired) electrons. The van der Waals surface area contributed by atoms with Gasteiger partial charge in [0.05, 0.1) is 19.8 Å². The van der Waals surface area contributed by atoms with Gasteiger partial charge in [0.25, 0.3) is 0 Å². The number of hydrogen-bond acceptors (Lipinski definition) is 4. The van der Waals surface area contributed by atoms with Crippen molar-refractivity contribution in [1.82, 2.24) is 0 Å². The van der Waals surface area contributed by atoms with Gasteiger partial charge in [0.2, 0.25) is 0 Å². The van der Waals surface area contributed by atoms with E-state index in [1.807, 2.05) is 36.4 Å². The molecule has 0 spiro atoms. The summed E-state index contributed by atoms with van der Waals surface area (Å²) in [5.41, 5.74) is 0.589. The second-order valence-corrected chi connectivity index (χ2v) is 3.75. The van der Waals surface area contributed by atoms with Gasteiger partial charge in [-0.3, -0.25) is 4.79 Å². The Bertz CT molecular complexity index is 575. The van der Waals surface area contributed by atoms with Gasteiger partial charge in [-0.2, -0.15) is 0 Å². The summed E-state index contributed by atoms with van der Waals surface area (Å²) in [5, 5.41) is 2.18. The van der Waals surface area contributed by atoms with Gasteiger partial charge in [-0.05, 0) is 22.9 Å². The number of methoxy groups -OCH3 is 2. The smallest absolute Gasteiger partial charge is 0.337 e. The molecule has 2 aromatic carbocycles. The standard InChI is InChI=1S/C12H10O2.C3H6O2/c1-14-12(13)11-7-6-9-4-2-3-5-10(9)8-11;1-3(4)5-2/h2-8H,1H3;1-2H3. The minimum atomic E-state index is -0.296. The summed E-state index contributed by atoms with van der Waals surface area (Å²) in [6, 6.07) is 13.4. The molecule has 0 aliphatic carbocycles. The van der Waals surface area contributed by atoms with Crippen LogP contribution >= 0.6 is 0 Å². The summed E-state index contributed by atoms with van der Waals surface area (Å²) in [5.74, 6) is -0.541. The lowest BCUT2D eigenvalue weighted by Gasteiger charge is -2.01. The number of ether oxygens (including phenoxy) is 2. The van der Waals surface area contributed by atoms with E-state index in [-0.39, 0.29) is 11.9 Å². The maximum atomic E-state index is 11.2. The van der Waals surface area contributed by atoms with Gasteiger partial charge in [0, 0.05) is 6.92 Å². The Labute approximate surface area is 111 Å². The van der Waals surface area contributed by atoms with Crippen molar-refractivity contribution in [2.75, 3.05) is 14.2 Å². The zero-order chi connectivity index (χ0) is 14.3. The summed E-state index contributed by atoms with van der Waals surface area (Å²) in [4.78, 5) is 20.8. The van der Waals surface area contributed by atoms with Crippen LogP contribution in [0.5, 0.6) is 0 Å². The number of fused-ring (bicyclic) bond motifs is 1. The topological polar surface area (TPSA) is 52.6 Å². The molecule has 0 saturated heterocycles. The SMILES string of the molecule is COC(=O)c1ccc2ccccc2c1.COC(C)=O. The molecule has 0 bridgehead atoms. The second-order valence-electron chi connectivity index (χ2n) is 3.75. The molecular weight excluding hydrogens is 244 g/mol. The van der Waals surface area contributed by atoms with Crippen molar-refractivity contribution < 1.29 is 19.1 Å². The Kier molecular flexibility index (Phi) is 5.54. The average Bonchev–Trinajstić information content (AvgIpc) is 2.46. The number of rotatable bonds is 1. The third-order valence-corrected chi connectivity index (χ3v) is 2.46. The van der Waals surface area contributed by atoms with E-state index in [1.54, 1.807) is 6.07 Å². The van der Waals surface area contributed by atoms with Crippen LogP contribution in [0, 0.1) is 0 Å². The van der Waals surface area contributed by atoms with Gasteiger partial charge < -0.3 is 9.47 Å². The summed E-state index contributed by atoms with van der Waals surface area (Å²) in [6.07, 6.45) is 0. The molecule has 0 N–H and O–H groups in total. The fraction of sp³-hybridized carbons (Fsp3) is 0.200. The van der Waals surface area contributed by atoms with Crippen molar-refractivity contribution in [2.45, 2.75) is 6.92 Å². The Hall–Kier alpha value is -2.36. The number of esters is 2. The number of benzene rings is 2. The van der Waals surface area contributed by atoms with Crippen molar-refractivity contribution in [3.05, 3.63) is 48.0 Å². The van der Waals surface area contributed by atoms with Crippen LogP contribution in [-0.2, 0) is 14.3 Å². The zero-order valence-electron chi connectivity index (χ0n) is 11.2. The highest BCUT2D eigenvalue weighted by atomic mass is 16.5. The van der Waals surface area contributed by atoms with Crippen molar-refractivity contribution in [2.24, 2.45) is 0 Å². The highest BCUT2D eigenvalue weighted by Crippen LogP contribution is 2.15. The lowest BCUT2D eigenvalue weighted by Crippen LogP contribution is -2.00. The maximum Gasteiger partial charge on any atom is 0.337 e. The first-order valence-electron chi connectivity index (χ1n) is 5.70. The summed E-state index contributed by atoms with van der Waals surface area (Å²) in [6.45, 7) is 1.36. The number of hydrogen-bond donors (Lipinski definition) is 0. The Morgan fingerprint density at radius 3 is 2.00 bits per heavy atom. The molecule has 0 unspecified atom stereocenters. The monoisotopic (exact) mass is 260 g/mol. The second kappa shape index (κ2) is 7.16. The van der Waals surface area contributed by atoms with Crippen molar-refractivity contribution in [1.29, 1.82) is 0 Å². The van der Waals surface area contributed by atoms with Gasteiger partial charge >= 0.3 is 11.9 Å². The van der Waals surface area contributed by atoms with Gasteiger partial charge in [-0.1, -0.05) is 30.3 Å². The minimum Gasteiger partial charge on any atom is -0.469 e. The van der Waals surface area contributed by atoms with E-state index in [9.17, 15) is 9.59 Å². The van der Waals surface area contributed by atoms with Gasteiger partial charge in [0.15, 0.2) is 0 Å². The predicted octanol–water partition coefficient (Wildman–Crippen LogP) is 2.81. The largest absolute Gasteiger partial charge is 0.469 e. The van der Waals surface area contributed by atoms with Gasteiger partial charge in [-0.15, -0.1) is 0 Å². The van der Waals surface area contributed by atoms with Crippen LogP contribution in [-0.4, -0.2) is 26.2 Å². The van der Waals surface area contributed by atoms with Gasteiger partial charge in [0.1, 0.15) is 0 Å². The predicted molar refractivity (Wildman–Crippen MR) is 73.0 cm³/mol. The third kappa shape index (κ3) is 4.43. The molecule has 19 heavy (non-hydrogen) atoms. The van der Waals surface area contributed by atoms with E-state index in [2.05, 4.69) is 9.47 Å². The first-order chi connectivity index (χ1) is 9.08. The molecule has 0 heterocycles. The molecule has 0 aliphatic rings. The first-order valence-corrected chi connectivity index (χ1v) is 5.70. The summed E-state index contributed by atoms with van der Waals surface area (Å²) >= 11 is 0. The van der Waals surface area contributed by atoms with Crippen molar-refractivity contribution >= 4 is 22.7 Å². The first kappa shape index (κ1) is 14.7. The van der Waals surface area contributed by atoms with Crippen molar-refractivity contribution in [3.63, 3.8) is 0 Å². The highest BCUT2D eigenvalue weighted by molar-refractivity contribution is 5.95. The summed E-state index contributed by atoms with van der Waals surface area (Å²) < 4.78 is 8.76. The molecule has 0 saturated carbocycles. The van der Waals surface area contributed by atoms with E-state index in [0.29, 0.717) is 5.56 Å². The molecule has 2 aromatic rings. The quantitative estimate of drug-likeness (QED) is 0.740. The molecular formula is C15H16O4. The van der Waals surface area contributed by atoms with E-state index in [1.165, 1.54) is 21.1 Å². The molecule has 4 nitrogen and oxygen atoms in total. The van der Waals surface area contributed by atoms with Crippen LogP contribution < -0.4 is 0 Å². The third-order valence-electron chi connectivity index (χ3n) is 2.46. The van der Waals surface area contributed by atoms with Crippen LogP contribution in [0.4, 0.5) is 0 Å². The Morgan fingerprint density at radius 1 is 0.895 bits per heavy atom. The minimum absolute atomic E-state index is 0.245. The Balaban J connectivity index is 0.000000312. The van der Waals surface area contributed by atoms with Crippen LogP contribution in [0.1, 0.15) is 17.3 Å². The molecule has 0 aliphatic heterocycles. The van der Waals surface area contributed by atoms with Crippen LogP contribution in [0.15, 0.2) is 42.5 Å². The molecule has 2 rings (SSSR count). The lowest BCUT2D eigenvalue weighted by atomic mass is 10.1. The molecule has 4 heteroatoms. The zero-order valence-corrected chi connectivity index (χ0v) is 11.2. The Morgan fingerprint density at radius 2 is 1.47 bits per heavy atom. The highest BCUT2D eigenvalue weighted by Gasteiger charge is 2.04. The van der Waals surface area contributed by atoms with Gasteiger partial charge in [-0.25, -0.2) is 4.79 Å². The molecule has 0 aromatic heterocycles. The van der Waals surface area contributed by atoms with E-state index in [4.69, 9.17) is 0 Å². The normalized spacial score (nSPS) is 9.21.